The maximum Gasteiger partial charge on any atom is 0.261 e. The lowest BCUT2D eigenvalue weighted by molar-refractivity contribution is 0.0940. The molecule has 0 fully saturated rings. The second-order valence-corrected chi connectivity index (χ2v) is 7.46. The molecule has 5 nitrogen and oxygen atoms in total. The van der Waals surface area contributed by atoms with E-state index in [9.17, 15) is 9.18 Å². The first-order chi connectivity index (χ1) is 12.9. The Morgan fingerprint density at radius 1 is 1.30 bits per heavy atom. The molecule has 3 aromatic rings. The first-order valence-corrected chi connectivity index (χ1v) is 9.56. The summed E-state index contributed by atoms with van der Waals surface area (Å²) in [7, 11) is 0. The van der Waals surface area contributed by atoms with Crippen molar-refractivity contribution in [2.24, 2.45) is 0 Å². The van der Waals surface area contributed by atoms with E-state index in [0.29, 0.717) is 23.8 Å². The Balaban J connectivity index is 1.53. The molecule has 1 atom stereocenters. The zero-order chi connectivity index (χ0) is 19.4. The lowest BCUT2D eigenvalue weighted by Crippen LogP contribution is -2.35. The number of carbonyl (C=O) groups excluding carboxylic acids is 1. The molecule has 1 amide bonds. The van der Waals surface area contributed by atoms with Gasteiger partial charge in [-0.3, -0.25) is 9.48 Å². The van der Waals surface area contributed by atoms with E-state index < -0.39 is 0 Å². The van der Waals surface area contributed by atoms with E-state index in [1.165, 1.54) is 23.5 Å². The molecule has 0 aliphatic carbocycles. The van der Waals surface area contributed by atoms with Crippen LogP contribution in [0.5, 0.6) is 5.75 Å². The van der Waals surface area contributed by atoms with E-state index in [2.05, 4.69) is 10.4 Å². The molecule has 3 rings (SSSR count). The number of nitrogens with one attached hydrogen (secondary N) is 1. The lowest BCUT2D eigenvalue weighted by atomic mass is 10.3. The normalized spacial score (nSPS) is 12.0. The van der Waals surface area contributed by atoms with Gasteiger partial charge >= 0.3 is 0 Å². The molecular weight excluding hydrogens is 365 g/mol. The van der Waals surface area contributed by atoms with Gasteiger partial charge in [-0.05, 0) is 62.5 Å². The molecule has 1 N–H and O–H groups in total. The van der Waals surface area contributed by atoms with Crippen molar-refractivity contribution in [3.05, 3.63) is 69.4 Å². The molecule has 0 saturated carbocycles. The molecule has 142 valence electrons. The number of ether oxygens (including phenoxy) is 1. The van der Waals surface area contributed by atoms with E-state index in [1.54, 1.807) is 12.1 Å². The Morgan fingerprint density at radius 3 is 2.70 bits per heavy atom. The van der Waals surface area contributed by atoms with Crippen molar-refractivity contribution in [2.75, 3.05) is 0 Å². The summed E-state index contributed by atoms with van der Waals surface area (Å²) >= 11 is 1.38. The van der Waals surface area contributed by atoms with Crippen LogP contribution in [0.15, 0.2) is 41.8 Å². The monoisotopic (exact) mass is 387 g/mol. The quantitative estimate of drug-likeness (QED) is 0.664. The largest absolute Gasteiger partial charge is 0.489 e. The third kappa shape index (κ3) is 5.17. The van der Waals surface area contributed by atoms with Crippen LogP contribution in [-0.4, -0.2) is 21.7 Å². The maximum atomic E-state index is 12.9. The zero-order valence-electron chi connectivity index (χ0n) is 15.5. The maximum absolute atomic E-state index is 12.9. The van der Waals surface area contributed by atoms with Crippen LogP contribution < -0.4 is 10.1 Å². The molecule has 1 aromatic carbocycles. The van der Waals surface area contributed by atoms with Gasteiger partial charge in [-0.25, -0.2) is 4.39 Å². The second kappa shape index (κ2) is 8.35. The van der Waals surface area contributed by atoms with Crippen LogP contribution in [0.3, 0.4) is 0 Å². The first kappa shape index (κ1) is 19.1. The molecule has 1 unspecified atom stereocenters. The number of benzene rings is 1. The number of aryl methyl sites for hydroxylation is 2. The van der Waals surface area contributed by atoms with Gasteiger partial charge in [0.05, 0.1) is 17.1 Å². The number of aromatic nitrogens is 2. The Labute approximate surface area is 161 Å². The average Bonchev–Trinajstić information content (AvgIpc) is 3.21. The fraction of sp³-hybridized carbons (Fsp3) is 0.300. The van der Waals surface area contributed by atoms with E-state index in [4.69, 9.17) is 4.74 Å². The third-order valence-electron chi connectivity index (χ3n) is 4.02. The SMILES string of the molecule is Cc1cc(C)n(CC(C)NC(=O)c2cc(COc3ccc(F)cc3)cs2)n1. The van der Waals surface area contributed by atoms with Crippen LogP contribution in [-0.2, 0) is 13.2 Å². The minimum Gasteiger partial charge on any atom is -0.489 e. The molecule has 7 heteroatoms. The average molecular weight is 387 g/mol. The number of amides is 1. The van der Waals surface area contributed by atoms with Gasteiger partial charge in [-0.1, -0.05) is 0 Å². The third-order valence-corrected chi connectivity index (χ3v) is 5.00. The van der Waals surface area contributed by atoms with Gasteiger partial charge in [0.1, 0.15) is 18.2 Å². The summed E-state index contributed by atoms with van der Waals surface area (Å²) in [5, 5.41) is 9.32. The van der Waals surface area contributed by atoms with Crippen molar-refractivity contribution >= 4 is 17.2 Å². The second-order valence-electron chi connectivity index (χ2n) is 6.55. The van der Waals surface area contributed by atoms with Crippen LogP contribution in [0, 0.1) is 19.7 Å². The van der Waals surface area contributed by atoms with E-state index in [0.717, 1.165) is 17.0 Å². The Kier molecular flexibility index (Phi) is 5.91. The predicted octanol–water partition coefficient (Wildman–Crippen LogP) is 4.10. The summed E-state index contributed by atoms with van der Waals surface area (Å²) in [6.45, 7) is 6.86. The summed E-state index contributed by atoms with van der Waals surface area (Å²) in [4.78, 5) is 13.1. The number of thiophene rings is 1. The minimum absolute atomic E-state index is 0.0449. The summed E-state index contributed by atoms with van der Waals surface area (Å²) in [5.74, 6) is 0.181. The number of hydrogen-bond acceptors (Lipinski definition) is 4. The van der Waals surface area contributed by atoms with Crippen molar-refractivity contribution in [2.45, 2.75) is 40.0 Å². The fourth-order valence-corrected chi connectivity index (χ4v) is 3.53. The molecule has 0 saturated heterocycles. The van der Waals surface area contributed by atoms with Gasteiger partial charge in [0.15, 0.2) is 0 Å². The molecule has 0 aliphatic rings. The van der Waals surface area contributed by atoms with Crippen molar-refractivity contribution in [3.63, 3.8) is 0 Å². The molecule has 0 bridgehead atoms. The lowest BCUT2D eigenvalue weighted by Gasteiger charge is -2.14. The highest BCUT2D eigenvalue weighted by molar-refractivity contribution is 7.12. The highest BCUT2D eigenvalue weighted by Gasteiger charge is 2.14. The van der Waals surface area contributed by atoms with Gasteiger partial charge in [-0.2, -0.15) is 5.10 Å². The zero-order valence-corrected chi connectivity index (χ0v) is 16.3. The molecule has 27 heavy (non-hydrogen) atoms. The summed E-state index contributed by atoms with van der Waals surface area (Å²) in [6, 6.07) is 9.65. The molecule has 2 heterocycles. The van der Waals surface area contributed by atoms with E-state index in [1.807, 2.05) is 43.0 Å². The van der Waals surface area contributed by atoms with Gasteiger partial charge in [-0.15, -0.1) is 11.3 Å². The van der Waals surface area contributed by atoms with Gasteiger partial charge < -0.3 is 10.1 Å². The highest BCUT2D eigenvalue weighted by Crippen LogP contribution is 2.18. The van der Waals surface area contributed by atoms with Gasteiger partial charge in [0, 0.05) is 17.3 Å². The Morgan fingerprint density at radius 2 is 2.04 bits per heavy atom. The number of nitrogens with zero attached hydrogens (tertiary/aromatic N) is 2. The predicted molar refractivity (Wildman–Crippen MR) is 104 cm³/mol. The van der Waals surface area contributed by atoms with Crippen molar-refractivity contribution < 1.29 is 13.9 Å². The first-order valence-electron chi connectivity index (χ1n) is 8.68. The minimum atomic E-state index is -0.300. The topological polar surface area (TPSA) is 56.2 Å². The van der Waals surface area contributed by atoms with E-state index in [-0.39, 0.29) is 17.8 Å². The van der Waals surface area contributed by atoms with Crippen molar-refractivity contribution in [1.82, 2.24) is 15.1 Å². The summed E-state index contributed by atoms with van der Waals surface area (Å²) in [5.41, 5.74) is 2.95. The highest BCUT2D eigenvalue weighted by atomic mass is 32.1. The Bertz CT molecular complexity index is 918. The molecule has 0 radical (unpaired) electrons. The summed E-state index contributed by atoms with van der Waals surface area (Å²) < 4.78 is 20.4. The molecule has 0 aliphatic heterocycles. The standard InChI is InChI=1S/C20H22FN3O2S/c1-13-8-15(3)24(23-13)10-14(2)22-20(25)19-9-16(12-27-19)11-26-18-6-4-17(21)5-7-18/h4-9,12,14H,10-11H2,1-3H3,(H,22,25). The van der Waals surface area contributed by atoms with Gasteiger partial charge in [0.25, 0.3) is 5.91 Å². The van der Waals surface area contributed by atoms with E-state index >= 15 is 0 Å². The Hall–Kier alpha value is -2.67. The van der Waals surface area contributed by atoms with Crippen LogP contribution in [0.2, 0.25) is 0 Å². The van der Waals surface area contributed by atoms with Crippen LogP contribution >= 0.6 is 11.3 Å². The van der Waals surface area contributed by atoms with Crippen molar-refractivity contribution in [1.29, 1.82) is 0 Å². The summed E-state index contributed by atoms with van der Waals surface area (Å²) in [6.07, 6.45) is 0. The molecule has 0 spiro atoms. The van der Waals surface area contributed by atoms with Crippen molar-refractivity contribution in [3.8, 4) is 5.75 Å². The van der Waals surface area contributed by atoms with Crippen LogP contribution in [0.25, 0.3) is 0 Å². The van der Waals surface area contributed by atoms with Crippen LogP contribution in [0.1, 0.15) is 33.5 Å². The van der Waals surface area contributed by atoms with Gasteiger partial charge in [0.2, 0.25) is 0 Å². The number of halogens is 1. The smallest absolute Gasteiger partial charge is 0.261 e. The van der Waals surface area contributed by atoms with Crippen LogP contribution in [0.4, 0.5) is 4.39 Å². The molecular formula is C20H22FN3O2S. The number of rotatable bonds is 7. The fourth-order valence-electron chi connectivity index (χ4n) is 2.73. The molecule has 2 aromatic heterocycles. The number of hydrogen-bond donors (Lipinski definition) is 1. The number of carbonyl (C=O) groups is 1.